The molecule has 18 heavy (non-hydrogen) atoms. The first-order valence-corrected chi connectivity index (χ1v) is 6.69. The van der Waals surface area contributed by atoms with Gasteiger partial charge in [0.2, 0.25) is 5.91 Å². The van der Waals surface area contributed by atoms with Crippen LogP contribution < -0.4 is 10.2 Å². The molecule has 3 nitrogen and oxygen atoms in total. The Morgan fingerprint density at radius 1 is 1.39 bits per heavy atom. The second-order valence-electron chi connectivity index (χ2n) is 5.28. The zero-order valence-corrected chi connectivity index (χ0v) is 11.4. The molecule has 1 heterocycles. The number of carbonyl (C=O) groups excluding carboxylic acids is 1. The van der Waals surface area contributed by atoms with E-state index in [0.29, 0.717) is 5.92 Å². The van der Waals surface area contributed by atoms with Gasteiger partial charge in [-0.15, -0.1) is 0 Å². The lowest BCUT2D eigenvalue weighted by Gasteiger charge is -2.26. The van der Waals surface area contributed by atoms with Gasteiger partial charge in [-0.05, 0) is 31.0 Å². The Morgan fingerprint density at radius 3 is 2.78 bits per heavy atom. The van der Waals surface area contributed by atoms with E-state index in [4.69, 9.17) is 0 Å². The number of anilines is 1. The van der Waals surface area contributed by atoms with E-state index in [0.717, 1.165) is 25.2 Å². The van der Waals surface area contributed by atoms with Crippen LogP contribution in [0, 0.1) is 11.8 Å². The van der Waals surface area contributed by atoms with Gasteiger partial charge in [0.1, 0.15) is 0 Å². The predicted octanol–water partition coefficient (Wildman–Crippen LogP) is 2.07. The molecule has 0 radical (unpaired) electrons. The van der Waals surface area contributed by atoms with Gasteiger partial charge in [0.25, 0.3) is 0 Å². The van der Waals surface area contributed by atoms with Crippen LogP contribution in [-0.2, 0) is 11.2 Å². The van der Waals surface area contributed by atoms with Crippen LogP contribution in [0.2, 0.25) is 0 Å². The third-order valence-corrected chi connectivity index (χ3v) is 3.70. The van der Waals surface area contributed by atoms with Crippen LogP contribution in [0.5, 0.6) is 0 Å². The fourth-order valence-corrected chi connectivity index (χ4v) is 2.60. The second-order valence-corrected chi connectivity index (χ2v) is 5.28. The second kappa shape index (κ2) is 5.53. The van der Waals surface area contributed by atoms with Crippen molar-refractivity contribution >= 4 is 11.6 Å². The average molecular weight is 246 g/mol. The molecule has 0 bridgehead atoms. The summed E-state index contributed by atoms with van der Waals surface area (Å²) in [4.78, 5) is 14.6. The maximum Gasteiger partial charge on any atom is 0.231 e. The molecule has 1 N–H and O–H groups in total. The van der Waals surface area contributed by atoms with E-state index >= 15 is 0 Å². The minimum atomic E-state index is 0.0566. The van der Waals surface area contributed by atoms with Gasteiger partial charge in [-0.3, -0.25) is 4.79 Å². The SMILES string of the molecule is CNCC(C(=O)N1CCc2ccccc21)C(C)C. The number of benzene rings is 1. The van der Waals surface area contributed by atoms with Crippen molar-refractivity contribution in [2.75, 3.05) is 25.0 Å². The lowest BCUT2D eigenvalue weighted by Crippen LogP contribution is -2.41. The molecule has 0 spiro atoms. The number of nitrogens with one attached hydrogen (secondary N) is 1. The van der Waals surface area contributed by atoms with E-state index in [2.05, 4.69) is 31.3 Å². The van der Waals surface area contributed by atoms with Crippen LogP contribution in [0.25, 0.3) is 0 Å². The lowest BCUT2D eigenvalue weighted by atomic mass is 9.94. The van der Waals surface area contributed by atoms with Crippen molar-refractivity contribution < 1.29 is 4.79 Å². The van der Waals surface area contributed by atoms with Crippen molar-refractivity contribution in [3.05, 3.63) is 29.8 Å². The van der Waals surface area contributed by atoms with Crippen molar-refractivity contribution in [2.24, 2.45) is 11.8 Å². The van der Waals surface area contributed by atoms with Crippen molar-refractivity contribution in [2.45, 2.75) is 20.3 Å². The van der Waals surface area contributed by atoms with E-state index in [9.17, 15) is 4.79 Å². The third-order valence-electron chi connectivity index (χ3n) is 3.70. The molecular formula is C15H22N2O. The summed E-state index contributed by atoms with van der Waals surface area (Å²) in [5, 5.41) is 3.13. The fourth-order valence-electron chi connectivity index (χ4n) is 2.60. The van der Waals surface area contributed by atoms with Crippen LogP contribution >= 0.6 is 0 Å². The number of fused-ring (bicyclic) bond motifs is 1. The first-order valence-electron chi connectivity index (χ1n) is 6.69. The first-order chi connectivity index (χ1) is 8.65. The van der Waals surface area contributed by atoms with Crippen LogP contribution in [0.1, 0.15) is 19.4 Å². The van der Waals surface area contributed by atoms with E-state index in [1.807, 2.05) is 24.1 Å². The van der Waals surface area contributed by atoms with Gasteiger partial charge in [-0.2, -0.15) is 0 Å². The monoisotopic (exact) mass is 246 g/mol. The molecule has 1 aromatic rings. The Bertz CT molecular complexity index is 428. The summed E-state index contributed by atoms with van der Waals surface area (Å²) in [6.07, 6.45) is 0.978. The molecule has 1 aliphatic heterocycles. The number of amides is 1. The maximum atomic E-state index is 12.6. The number of rotatable bonds is 4. The molecule has 0 saturated heterocycles. The summed E-state index contributed by atoms with van der Waals surface area (Å²) < 4.78 is 0. The summed E-state index contributed by atoms with van der Waals surface area (Å²) in [6.45, 7) is 5.80. The van der Waals surface area contributed by atoms with Gasteiger partial charge in [0, 0.05) is 18.8 Å². The van der Waals surface area contributed by atoms with E-state index in [1.165, 1.54) is 5.56 Å². The third kappa shape index (κ3) is 2.41. The normalized spacial score (nSPS) is 15.9. The average Bonchev–Trinajstić information content (AvgIpc) is 2.78. The van der Waals surface area contributed by atoms with Gasteiger partial charge < -0.3 is 10.2 Å². The van der Waals surface area contributed by atoms with Crippen LogP contribution in [0.4, 0.5) is 5.69 Å². The zero-order chi connectivity index (χ0) is 13.1. The van der Waals surface area contributed by atoms with Crippen molar-refractivity contribution in [3.8, 4) is 0 Å². The van der Waals surface area contributed by atoms with E-state index < -0.39 is 0 Å². The molecule has 1 amide bonds. The van der Waals surface area contributed by atoms with Crippen molar-refractivity contribution in [1.29, 1.82) is 0 Å². The molecule has 0 fully saturated rings. The molecule has 0 aromatic heterocycles. The Morgan fingerprint density at radius 2 is 2.11 bits per heavy atom. The quantitative estimate of drug-likeness (QED) is 0.882. The van der Waals surface area contributed by atoms with Crippen LogP contribution in [0.3, 0.4) is 0 Å². The van der Waals surface area contributed by atoms with E-state index in [1.54, 1.807) is 0 Å². The highest BCUT2D eigenvalue weighted by Gasteiger charge is 2.31. The predicted molar refractivity (Wildman–Crippen MR) is 74.8 cm³/mol. The number of hydrogen-bond acceptors (Lipinski definition) is 2. The standard InChI is InChI=1S/C15H22N2O/c1-11(2)13(10-16-3)15(18)17-9-8-12-6-4-5-7-14(12)17/h4-7,11,13,16H,8-10H2,1-3H3. The highest BCUT2D eigenvalue weighted by atomic mass is 16.2. The smallest absolute Gasteiger partial charge is 0.231 e. The zero-order valence-electron chi connectivity index (χ0n) is 11.4. The summed E-state index contributed by atoms with van der Waals surface area (Å²) in [5.74, 6) is 0.670. The van der Waals surface area contributed by atoms with Crippen LogP contribution in [-0.4, -0.2) is 26.0 Å². The lowest BCUT2D eigenvalue weighted by molar-refractivity contribution is -0.123. The molecule has 3 heteroatoms. The minimum Gasteiger partial charge on any atom is -0.319 e. The molecule has 2 rings (SSSR count). The number of para-hydroxylation sites is 1. The van der Waals surface area contributed by atoms with Crippen molar-refractivity contribution in [1.82, 2.24) is 5.32 Å². The molecule has 0 aliphatic carbocycles. The molecule has 1 unspecified atom stereocenters. The first kappa shape index (κ1) is 13.1. The summed E-state index contributed by atoms with van der Waals surface area (Å²) in [7, 11) is 1.90. The Balaban J connectivity index is 2.20. The molecule has 1 atom stereocenters. The van der Waals surface area contributed by atoms with E-state index in [-0.39, 0.29) is 11.8 Å². The molecule has 1 aromatic carbocycles. The number of nitrogens with zero attached hydrogens (tertiary/aromatic N) is 1. The molecule has 98 valence electrons. The van der Waals surface area contributed by atoms with Gasteiger partial charge >= 0.3 is 0 Å². The van der Waals surface area contributed by atoms with Gasteiger partial charge in [0.15, 0.2) is 0 Å². The fraction of sp³-hybridized carbons (Fsp3) is 0.533. The maximum absolute atomic E-state index is 12.6. The minimum absolute atomic E-state index is 0.0566. The summed E-state index contributed by atoms with van der Waals surface area (Å²) in [6, 6.07) is 8.22. The largest absolute Gasteiger partial charge is 0.319 e. The highest BCUT2D eigenvalue weighted by Crippen LogP contribution is 2.29. The number of hydrogen-bond donors (Lipinski definition) is 1. The summed E-state index contributed by atoms with van der Waals surface area (Å²) in [5.41, 5.74) is 2.39. The van der Waals surface area contributed by atoms with Gasteiger partial charge in [-0.25, -0.2) is 0 Å². The van der Waals surface area contributed by atoms with Crippen molar-refractivity contribution in [3.63, 3.8) is 0 Å². The molecular weight excluding hydrogens is 224 g/mol. The molecule has 0 saturated carbocycles. The Labute approximate surface area is 109 Å². The molecule has 1 aliphatic rings. The Hall–Kier alpha value is -1.35. The van der Waals surface area contributed by atoms with Crippen LogP contribution in [0.15, 0.2) is 24.3 Å². The topological polar surface area (TPSA) is 32.3 Å². The number of carbonyl (C=O) groups is 1. The van der Waals surface area contributed by atoms with Gasteiger partial charge in [0.05, 0.1) is 5.92 Å². The Kier molecular flexibility index (Phi) is 4.02. The van der Waals surface area contributed by atoms with Gasteiger partial charge in [-0.1, -0.05) is 32.0 Å². The summed E-state index contributed by atoms with van der Waals surface area (Å²) >= 11 is 0. The highest BCUT2D eigenvalue weighted by molar-refractivity contribution is 5.97.